The van der Waals surface area contributed by atoms with E-state index in [9.17, 15) is 24.3 Å². The quantitative estimate of drug-likeness (QED) is 0.160. The first-order valence-corrected chi connectivity index (χ1v) is 14.2. The standard InChI is InChI=1S/C27H42N2O11/c1-14-7-8-18-15(2)24(37-25-27(18)17(14)11-12-26(4,38-25)39-40-27)36-21(33)10-9-19(31)28-13-5-6-20(32)29-22(16(3)30)23(34)35/h14-18,22,24-25,30H,5-13H2,1-4H3,(H,28,31)(H,29,32)(H,34,35)/t14-,15+,16+,17+,18-,22-,24+,25+,26+,27+/m1/s1. The van der Waals surface area contributed by atoms with E-state index in [1.165, 1.54) is 6.92 Å². The lowest BCUT2D eigenvalue weighted by Gasteiger charge is -2.59. The Labute approximate surface area is 233 Å². The minimum absolute atomic E-state index is 0.0137. The van der Waals surface area contributed by atoms with Crippen molar-refractivity contribution >= 4 is 23.8 Å². The molecule has 13 heteroatoms. The zero-order chi connectivity index (χ0) is 29.2. The molecule has 13 nitrogen and oxygen atoms in total. The highest BCUT2D eigenvalue weighted by Crippen LogP contribution is 2.60. The molecule has 1 aliphatic carbocycles. The zero-order valence-corrected chi connectivity index (χ0v) is 23.6. The second kappa shape index (κ2) is 12.3. The second-order valence-electron chi connectivity index (χ2n) is 11.8. The molecule has 4 N–H and O–H groups in total. The molecule has 5 aliphatic rings. The van der Waals surface area contributed by atoms with Crippen molar-refractivity contribution < 1.29 is 53.4 Å². The topological polar surface area (TPSA) is 179 Å². The highest BCUT2D eigenvalue weighted by Gasteiger charge is 2.69. The molecule has 0 aromatic rings. The van der Waals surface area contributed by atoms with Crippen molar-refractivity contribution in [2.45, 2.75) is 115 Å². The normalized spacial score (nSPS) is 37.8. The summed E-state index contributed by atoms with van der Waals surface area (Å²) in [7, 11) is 0. The van der Waals surface area contributed by atoms with E-state index in [1.54, 1.807) is 0 Å². The van der Waals surface area contributed by atoms with Gasteiger partial charge < -0.3 is 35.1 Å². The number of aliphatic carboxylic acids is 1. The number of carbonyl (C=O) groups is 4. The number of amides is 2. The van der Waals surface area contributed by atoms with Crippen LogP contribution in [-0.4, -0.2) is 76.6 Å². The number of hydrogen-bond donors (Lipinski definition) is 4. The van der Waals surface area contributed by atoms with E-state index in [0.29, 0.717) is 12.3 Å². The van der Waals surface area contributed by atoms with Gasteiger partial charge in [0.05, 0.1) is 12.5 Å². The van der Waals surface area contributed by atoms with Crippen molar-refractivity contribution in [3.05, 3.63) is 0 Å². The van der Waals surface area contributed by atoms with Gasteiger partial charge in [-0.05, 0) is 51.4 Å². The van der Waals surface area contributed by atoms with E-state index < -0.39 is 54.0 Å². The number of fused-ring (bicyclic) bond motifs is 2. The van der Waals surface area contributed by atoms with Gasteiger partial charge >= 0.3 is 11.9 Å². The van der Waals surface area contributed by atoms with Crippen LogP contribution in [0.2, 0.25) is 0 Å². The minimum Gasteiger partial charge on any atom is -0.480 e. The number of ether oxygens (including phenoxy) is 3. The van der Waals surface area contributed by atoms with Crippen molar-refractivity contribution in [1.82, 2.24) is 10.6 Å². The van der Waals surface area contributed by atoms with Crippen molar-refractivity contribution in [2.75, 3.05) is 6.54 Å². The number of carboxylic acid groups (broad SMARTS) is 1. The summed E-state index contributed by atoms with van der Waals surface area (Å²) in [6.07, 6.45) is 0.639. The Morgan fingerprint density at radius 2 is 1.77 bits per heavy atom. The number of esters is 1. The minimum atomic E-state index is -1.40. The van der Waals surface area contributed by atoms with Crippen LogP contribution in [0.1, 0.15) is 79.1 Å². The van der Waals surface area contributed by atoms with Crippen LogP contribution in [0.3, 0.4) is 0 Å². The van der Waals surface area contributed by atoms with Crippen LogP contribution in [0.5, 0.6) is 0 Å². The monoisotopic (exact) mass is 570 g/mol. The molecule has 2 amide bonds. The molecule has 40 heavy (non-hydrogen) atoms. The van der Waals surface area contributed by atoms with E-state index in [-0.39, 0.29) is 55.9 Å². The Bertz CT molecular complexity index is 976. The van der Waals surface area contributed by atoms with Crippen molar-refractivity contribution in [1.29, 1.82) is 0 Å². The van der Waals surface area contributed by atoms with Crippen LogP contribution < -0.4 is 10.6 Å². The van der Waals surface area contributed by atoms with Gasteiger partial charge in [-0.3, -0.25) is 14.4 Å². The van der Waals surface area contributed by atoms with Gasteiger partial charge in [0.15, 0.2) is 17.9 Å². The summed E-state index contributed by atoms with van der Waals surface area (Å²) in [6.45, 7) is 7.46. The molecule has 1 saturated carbocycles. The summed E-state index contributed by atoms with van der Waals surface area (Å²) in [5.41, 5.74) is -0.752. The van der Waals surface area contributed by atoms with E-state index in [0.717, 1.165) is 19.3 Å². The fourth-order valence-electron chi connectivity index (χ4n) is 6.61. The van der Waals surface area contributed by atoms with Crippen molar-refractivity contribution in [2.24, 2.45) is 23.7 Å². The average Bonchev–Trinajstić information content (AvgIpc) is 3.12. The third kappa shape index (κ3) is 6.28. The molecule has 4 saturated heterocycles. The summed E-state index contributed by atoms with van der Waals surface area (Å²) in [4.78, 5) is 59.7. The molecule has 4 heterocycles. The van der Waals surface area contributed by atoms with Gasteiger partial charge in [-0.2, -0.15) is 0 Å². The third-order valence-electron chi connectivity index (χ3n) is 8.87. The van der Waals surface area contributed by atoms with Crippen LogP contribution in [0.15, 0.2) is 0 Å². The van der Waals surface area contributed by atoms with Gasteiger partial charge in [-0.1, -0.05) is 13.8 Å². The van der Waals surface area contributed by atoms with Gasteiger partial charge in [0.2, 0.25) is 23.9 Å². The van der Waals surface area contributed by atoms with E-state index >= 15 is 0 Å². The molecule has 226 valence electrons. The Morgan fingerprint density at radius 1 is 1.02 bits per heavy atom. The molecule has 1 spiro atoms. The number of rotatable bonds is 11. The summed E-state index contributed by atoms with van der Waals surface area (Å²) < 4.78 is 18.2. The Kier molecular flexibility index (Phi) is 9.40. The lowest BCUT2D eigenvalue weighted by molar-refractivity contribution is -0.576. The molecule has 0 aromatic carbocycles. The number of aliphatic hydroxyl groups excluding tert-OH is 1. The first-order chi connectivity index (χ1) is 18.9. The van der Waals surface area contributed by atoms with Gasteiger partial charge in [-0.25, -0.2) is 14.6 Å². The van der Waals surface area contributed by atoms with Crippen molar-refractivity contribution in [3.63, 3.8) is 0 Å². The smallest absolute Gasteiger partial charge is 0.328 e. The molecule has 5 rings (SSSR count). The molecule has 0 unspecified atom stereocenters. The summed E-state index contributed by atoms with van der Waals surface area (Å²) in [5, 5.41) is 23.3. The average molecular weight is 571 g/mol. The zero-order valence-electron chi connectivity index (χ0n) is 23.6. The largest absolute Gasteiger partial charge is 0.480 e. The van der Waals surface area contributed by atoms with Crippen LogP contribution in [0.25, 0.3) is 0 Å². The highest BCUT2D eigenvalue weighted by atomic mass is 17.3. The predicted octanol–water partition coefficient (Wildman–Crippen LogP) is 1.36. The van der Waals surface area contributed by atoms with Crippen LogP contribution >= 0.6 is 0 Å². The summed E-state index contributed by atoms with van der Waals surface area (Å²) >= 11 is 0. The van der Waals surface area contributed by atoms with Crippen LogP contribution in [0, 0.1) is 23.7 Å². The maximum absolute atomic E-state index is 12.7. The molecule has 5 fully saturated rings. The first-order valence-electron chi connectivity index (χ1n) is 14.2. The van der Waals surface area contributed by atoms with Crippen molar-refractivity contribution in [3.8, 4) is 0 Å². The second-order valence-corrected chi connectivity index (χ2v) is 11.8. The predicted molar refractivity (Wildman–Crippen MR) is 136 cm³/mol. The number of carboxylic acids is 1. The fraction of sp³-hybridized carbons (Fsp3) is 0.852. The SMILES string of the molecule is C[C@@H]1[C@@H](OC(=O)CCC(=O)NCCCC(=O)N[C@@H](C(=O)O)[C@H](C)O)O[C@H]2O[C@]3(C)CC[C@H]4[C@H](C)CC[C@H]1[C@]24OO3. The van der Waals surface area contributed by atoms with E-state index in [4.69, 9.17) is 29.1 Å². The molecule has 10 atom stereocenters. The molecular weight excluding hydrogens is 528 g/mol. The number of carbonyl (C=O) groups excluding carboxylic acids is 3. The maximum Gasteiger partial charge on any atom is 0.328 e. The molecule has 0 aromatic heterocycles. The maximum atomic E-state index is 12.7. The number of hydrogen-bond acceptors (Lipinski definition) is 10. The van der Waals surface area contributed by atoms with Gasteiger partial charge in [0.25, 0.3) is 0 Å². The molecular formula is C27H42N2O11. The van der Waals surface area contributed by atoms with Gasteiger partial charge in [0.1, 0.15) is 0 Å². The van der Waals surface area contributed by atoms with Crippen LogP contribution in [0.4, 0.5) is 0 Å². The van der Waals surface area contributed by atoms with Gasteiger partial charge in [-0.15, -0.1) is 0 Å². The molecule has 4 aliphatic heterocycles. The first kappa shape index (κ1) is 30.6. The number of aliphatic hydroxyl groups is 1. The Morgan fingerprint density at radius 3 is 2.48 bits per heavy atom. The van der Waals surface area contributed by atoms with E-state index in [1.807, 2.05) is 13.8 Å². The Balaban J connectivity index is 1.22. The number of nitrogens with one attached hydrogen (secondary N) is 2. The van der Waals surface area contributed by atoms with Gasteiger partial charge in [0, 0.05) is 37.6 Å². The molecule has 2 bridgehead atoms. The highest BCUT2D eigenvalue weighted by molar-refractivity contribution is 5.84. The van der Waals surface area contributed by atoms with Crippen LogP contribution in [-0.2, 0) is 43.2 Å². The Hall–Kier alpha value is -2.32. The summed E-state index contributed by atoms with van der Waals surface area (Å²) in [5.74, 6) is -3.30. The van der Waals surface area contributed by atoms with E-state index in [2.05, 4.69) is 17.6 Å². The summed E-state index contributed by atoms with van der Waals surface area (Å²) in [6, 6.07) is -1.40. The lowest BCUT2D eigenvalue weighted by atomic mass is 9.58. The fourth-order valence-corrected chi connectivity index (χ4v) is 6.61. The lowest BCUT2D eigenvalue weighted by Crippen LogP contribution is -2.70. The third-order valence-corrected chi connectivity index (χ3v) is 8.87. The molecule has 0 radical (unpaired) electrons.